The van der Waals surface area contributed by atoms with Crippen molar-refractivity contribution in [3.05, 3.63) is 68.8 Å². The highest BCUT2D eigenvalue weighted by Gasteiger charge is 2.15. The molecule has 0 aliphatic carbocycles. The standard InChI is InChI=1S/C16H11BrClNO/c1-9-2-5-15-11(6-9)12(8-19-15)16(20)10-3-4-14(18)13(17)7-10/h2-8,19H,1H3. The fourth-order valence-corrected chi connectivity index (χ4v) is 2.71. The van der Waals surface area contributed by atoms with E-state index in [0.29, 0.717) is 16.1 Å². The number of fused-ring (bicyclic) bond motifs is 1. The van der Waals surface area contributed by atoms with Crippen LogP contribution in [-0.2, 0) is 0 Å². The van der Waals surface area contributed by atoms with Crippen LogP contribution in [0.25, 0.3) is 10.9 Å². The van der Waals surface area contributed by atoms with Gasteiger partial charge in [0.25, 0.3) is 0 Å². The highest BCUT2D eigenvalue weighted by atomic mass is 79.9. The predicted molar refractivity (Wildman–Crippen MR) is 85.6 cm³/mol. The molecule has 3 rings (SSSR count). The summed E-state index contributed by atoms with van der Waals surface area (Å²) in [5.74, 6) is -0.0146. The van der Waals surface area contributed by atoms with Gasteiger partial charge in [-0.05, 0) is 53.2 Å². The number of rotatable bonds is 2. The lowest BCUT2D eigenvalue weighted by atomic mass is 10.0. The average Bonchev–Trinajstić information content (AvgIpc) is 2.84. The summed E-state index contributed by atoms with van der Waals surface area (Å²) in [6.45, 7) is 2.01. The van der Waals surface area contributed by atoms with E-state index in [1.165, 1.54) is 0 Å². The largest absolute Gasteiger partial charge is 0.360 e. The maximum absolute atomic E-state index is 12.6. The molecule has 0 saturated heterocycles. The molecular formula is C16H11BrClNO. The van der Waals surface area contributed by atoms with Gasteiger partial charge in [0.1, 0.15) is 0 Å². The van der Waals surface area contributed by atoms with E-state index in [0.717, 1.165) is 20.9 Å². The van der Waals surface area contributed by atoms with Crippen molar-refractivity contribution < 1.29 is 4.79 Å². The highest BCUT2D eigenvalue weighted by molar-refractivity contribution is 9.10. The van der Waals surface area contributed by atoms with Crippen molar-refractivity contribution in [2.75, 3.05) is 0 Å². The van der Waals surface area contributed by atoms with E-state index in [2.05, 4.69) is 20.9 Å². The van der Waals surface area contributed by atoms with E-state index in [1.54, 1.807) is 24.4 Å². The predicted octanol–water partition coefficient (Wildman–Crippen LogP) is 5.12. The first-order valence-corrected chi connectivity index (χ1v) is 7.31. The van der Waals surface area contributed by atoms with Crippen molar-refractivity contribution in [1.29, 1.82) is 0 Å². The van der Waals surface area contributed by atoms with Crippen LogP contribution in [0.2, 0.25) is 5.02 Å². The van der Waals surface area contributed by atoms with Crippen molar-refractivity contribution in [3.8, 4) is 0 Å². The Hall–Kier alpha value is -1.58. The van der Waals surface area contributed by atoms with Crippen molar-refractivity contribution in [1.82, 2.24) is 4.98 Å². The van der Waals surface area contributed by atoms with Gasteiger partial charge in [0.15, 0.2) is 5.78 Å². The Morgan fingerprint density at radius 1 is 1.20 bits per heavy atom. The fraction of sp³-hybridized carbons (Fsp3) is 0.0625. The second-order valence-electron chi connectivity index (χ2n) is 4.71. The van der Waals surface area contributed by atoms with Gasteiger partial charge in [0.2, 0.25) is 0 Å². The minimum absolute atomic E-state index is 0.0146. The van der Waals surface area contributed by atoms with Gasteiger partial charge >= 0.3 is 0 Å². The van der Waals surface area contributed by atoms with Crippen LogP contribution in [0, 0.1) is 6.92 Å². The van der Waals surface area contributed by atoms with Crippen LogP contribution >= 0.6 is 27.5 Å². The zero-order chi connectivity index (χ0) is 14.3. The van der Waals surface area contributed by atoms with Crippen LogP contribution in [0.15, 0.2) is 47.1 Å². The first-order valence-electron chi connectivity index (χ1n) is 6.14. The summed E-state index contributed by atoms with van der Waals surface area (Å²) in [7, 11) is 0. The normalized spacial score (nSPS) is 10.9. The van der Waals surface area contributed by atoms with Crippen molar-refractivity contribution >= 4 is 44.2 Å². The Morgan fingerprint density at radius 2 is 2.00 bits per heavy atom. The van der Waals surface area contributed by atoms with E-state index < -0.39 is 0 Å². The van der Waals surface area contributed by atoms with Crippen molar-refractivity contribution in [3.63, 3.8) is 0 Å². The lowest BCUT2D eigenvalue weighted by molar-refractivity contribution is 0.104. The maximum atomic E-state index is 12.6. The Morgan fingerprint density at radius 3 is 2.75 bits per heavy atom. The number of carbonyl (C=O) groups excluding carboxylic acids is 1. The summed E-state index contributed by atoms with van der Waals surface area (Å²) < 4.78 is 0.723. The van der Waals surface area contributed by atoms with Gasteiger partial charge in [0.05, 0.1) is 5.02 Å². The van der Waals surface area contributed by atoms with Crippen LogP contribution in [0.5, 0.6) is 0 Å². The molecule has 0 fully saturated rings. The summed E-state index contributed by atoms with van der Waals surface area (Å²) in [4.78, 5) is 15.7. The van der Waals surface area contributed by atoms with Gasteiger partial charge in [-0.2, -0.15) is 0 Å². The molecule has 0 aliphatic rings. The summed E-state index contributed by atoms with van der Waals surface area (Å²) in [5, 5.41) is 1.54. The zero-order valence-corrected chi connectivity index (χ0v) is 13.0. The second kappa shape index (κ2) is 5.08. The van der Waals surface area contributed by atoms with E-state index in [9.17, 15) is 4.79 Å². The number of H-pyrrole nitrogens is 1. The van der Waals surface area contributed by atoms with Gasteiger partial charge in [-0.25, -0.2) is 0 Å². The fourth-order valence-electron chi connectivity index (χ4n) is 2.22. The molecule has 100 valence electrons. The van der Waals surface area contributed by atoms with Crippen LogP contribution in [0.4, 0.5) is 0 Å². The van der Waals surface area contributed by atoms with E-state index in [4.69, 9.17) is 11.6 Å². The minimum Gasteiger partial charge on any atom is -0.360 e. The molecule has 0 atom stereocenters. The topological polar surface area (TPSA) is 32.9 Å². The zero-order valence-electron chi connectivity index (χ0n) is 10.7. The molecule has 1 heterocycles. The van der Waals surface area contributed by atoms with E-state index >= 15 is 0 Å². The second-order valence-corrected chi connectivity index (χ2v) is 5.97. The molecular weight excluding hydrogens is 338 g/mol. The third-order valence-electron chi connectivity index (χ3n) is 3.26. The van der Waals surface area contributed by atoms with Crippen LogP contribution in [0.1, 0.15) is 21.5 Å². The summed E-state index contributed by atoms with van der Waals surface area (Å²) in [5.41, 5.74) is 3.39. The first kappa shape index (κ1) is 13.4. The number of benzene rings is 2. The lowest BCUT2D eigenvalue weighted by Crippen LogP contribution is -2.00. The molecule has 1 aromatic heterocycles. The van der Waals surface area contributed by atoms with Crippen LogP contribution in [0.3, 0.4) is 0 Å². The first-order chi connectivity index (χ1) is 9.56. The van der Waals surface area contributed by atoms with Gasteiger partial charge in [-0.15, -0.1) is 0 Å². The number of carbonyl (C=O) groups is 1. The molecule has 0 amide bonds. The molecule has 0 spiro atoms. The quantitative estimate of drug-likeness (QED) is 0.640. The van der Waals surface area contributed by atoms with E-state index in [1.807, 2.05) is 25.1 Å². The SMILES string of the molecule is Cc1ccc2[nH]cc(C(=O)c3ccc(Cl)c(Br)c3)c2c1. The molecule has 0 bridgehead atoms. The molecule has 0 radical (unpaired) electrons. The molecule has 1 N–H and O–H groups in total. The average molecular weight is 349 g/mol. The molecule has 0 unspecified atom stereocenters. The summed E-state index contributed by atoms with van der Waals surface area (Å²) >= 11 is 9.31. The van der Waals surface area contributed by atoms with Gasteiger partial charge < -0.3 is 4.98 Å². The number of halogens is 2. The minimum atomic E-state index is -0.0146. The molecule has 0 aliphatic heterocycles. The Kier molecular flexibility index (Phi) is 3.40. The molecule has 0 saturated carbocycles. The smallest absolute Gasteiger partial charge is 0.195 e. The lowest BCUT2D eigenvalue weighted by Gasteiger charge is -2.02. The molecule has 2 nitrogen and oxygen atoms in total. The molecule has 20 heavy (non-hydrogen) atoms. The van der Waals surface area contributed by atoms with Crippen molar-refractivity contribution in [2.24, 2.45) is 0 Å². The molecule has 4 heteroatoms. The number of aromatic nitrogens is 1. The number of hydrogen-bond acceptors (Lipinski definition) is 1. The number of aromatic amines is 1. The van der Waals surface area contributed by atoms with Crippen LogP contribution in [-0.4, -0.2) is 10.8 Å². The highest BCUT2D eigenvalue weighted by Crippen LogP contribution is 2.27. The van der Waals surface area contributed by atoms with Gasteiger partial charge in [0, 0.05) is 32.7 Å². The number of ketones is 1. The monoisotopic (exact) mass is 347 g/mol. The molecule has 2 aromatic carbocycles. The number of hydrogen-bond donors (Lipinski definition) is 1. The number of aryl methyl sites for hydroxylation is 1. The Balaban J connectivity index is 2.12. The Labute approximate surface area is 129 Å². The van der Waals surface area contributed by atoms with E-state index in [-0.39, 0.29) is 5.78 Å². The summed E-state index contributed by atoms with van der Waals surface area (Å²) in [6, 6.07) is 11.2. The van der Waals surface area contributed by atoms with Gasteiger partial charge in [-0.1, -0.05) is 23.2 Å². The third-order valence-corrected chi connectivity index (χ3v) is 4.48. The maximum Gasteiger partial charge on any atom is 0.195 e. The summed E-state index contributed by atoms with van der Waals surface area (Å²) in [6.07, 6.45) is 1.76. The van der Waals surface area contributed by atoms with Crippen molar-refractivity contribution in [2.45, 2.75) is 6.92 Å². The Bertz CT molecular complexity index is 822. The number of nitrogens with one attached hydrogen (secondary N) is 1. The third kappa shape index (κ3) is 2.28. The molecule has 3 aromatic rings. The van der Waals surface area contributed by atoms with Crippen LogP contribution < -0.4 is 0 Å². The van der Waals surface area contributed by atoms with Gasteiger partial charge in [-0.3, -0.25) is 4.79 Å².